The average Bonchev–Trinajstić information content (AvgIpc) is 3.44. The van der Waals surface area contributed by atoms with E-state index in [4.69, 9.17) is 14.7 Å². The Morgan fingerprint density at radius 1 is 0.971 bits per heavy atom. The Bertz CT molecular complexity index is 1150. The van der Waals surface area contributed by atoms with Crippen LogP contribution in [0.25, 0.3) is 10.9 Å². The zero-order valence-electron chi connectivity index (χ0n) is 20.6. The highest BCUT2D eigenvalue weighted by molar-refractivity contribution is 5.89. The van der Waals surface area contributed by atoms with Gasteiger partial charge in [-0.3, -0.25) is 4.79 Å². The van der Waals surface area contributed by atoms with E-state index in [2.05, 4.69) is 33.3 Å². The molecule has 1 aromatic heterocycles. The van der Waals surface area contributed by atoms with Crippen LogP contribution in [0.4, 0.5) is 11.5 Å². The standard InChI is InChI=1S/C28H35N5O2/c1-35-25-13-7-6-12-24(25)32-16-18-33(19-17-32)28-22-10-4-5-11-23(22)30-26(31-28)20-29-27(34)15-14-21-8-2-3-9-21/h4-7,10-13,21H,2-3,8-9,14-20H2,1H3,(H,29,34). The maximum atomic E-state index is 12.5. The van der Waals surface area contributed by atoms with Gasteiger partial charge in [-0.2, -0.15) is 0 Å². The molecule has 184 valence electrons. The van der Waals surface area contributed by atoms with E-state index in [9.17, 15) is 4.79 Å². The zero-order chi connectivity index (χ0) is 24.0. The number of piperazine rings is 1. The molecule has 5 rings (SSSR count). The van der Waals surface area contributed by atoms with Gasteiger partial charge in [0, 0.05) is 38.0 Å². The number of fused-ring (bicyclic) bond motifs is 1. The van der Waals surface area contributed by atoms with E-state index in [-0.39, 0.29) is 5.91 Å². The predicted octanol–water partition coefficient (Wildman–Crippen LogP) is 4.55. The van der Waals surface area contributed by atoms with Gasteiger partial charge in [0.05, 0.1) is 24.9 Å². The summed E-state index contributed by atoms with van der Waals surface area (Å²) in [4.78, 5) is 26.8. The summed E-state index contributed by atoms with van der Waals surface area (Å²) in [6.07, 6.45) is 6.76. The number of para-hydroxylation sites is 3. The Hall–Kier alpha value is -3.35. The van der Waals surface area contributed by atoms with Gasteiger partial charge in [0.25, 0.3) is 0 Å². The van der Waals surface area contributed by atoms with Crippen LogP contribution in [-0.4, -0.2) is 49.2 Å². The first-order chi connectivity index (χ1) is 17.2. The summed E-state index contributed by atoms with van der Waals surface area (Å²) in [6.45, 7) is 3.83. The molecule has 0 atom stereocenters. The number of nitrogens with zero attached hydrogens (tertiary/aromatic N) is 4. The lowest BCUT2D eigenvalue weighted by Gasteiger charge is -2.37. The van der Waals surface area contributed by atoms with Crippen LogP contribution in [0.2, 0.25) is 0 Å². The number of amides is 1. The number of anilines is 2. The molecule has 35 heavy (non-hydrogen) atoms. The quantitative estimate of drug-likeness (QED) is 0.518. The molecule has 3 aromatic rings. The van der Waals surface area contributed by atoms with Crippen LogP contribution >= 0.6 is 0 Å². The highest BCUT2D eigenvalue weighted by atomic mass is 16.5. The molecule has 2 aliphatic rings. The summed E-state index contributed by atoms with van der Waals surface area (Å²) in [5, 5.41) is 4.10. The Morgan fingerprint density at radius 3 is 2.49 bits per heavy atom. The van der Waals surface area contributed by atoms with Gasteiger partial charge in [-0.05, 0) is 36.6 Å². The highest BCUT2D eigenvalue weighted by Crippen LogP contribution is 2.31. The Kier molecular flexibility index (Phi) is 7.31. The molecule has 2 heterocycles. The van der Waals surface area contributed by atoms with E-state index in [0.717, 1.165) is 66.7 Å². The Morgan fingerprint density at radius 2 is 1.69 bits per heavy atom. The first kappa shape index (κ1) is 23.4. The van der Waals surface area contributed by atoms with E-state index in [1.165, 1.54) is 25.7 Å². The number of ether oxygens (including phenoxy) is 1. The van der Waals surface area contributed by atoms with Crippen molar-refractivity contribution in [1.29, 1.82) is 0 Å². The van der Waals surface area contributed by atoms with Gasteiger partial charge in [0.15, 0.2) is 5.82 Å². The van der Waals surface area contributed by atoms with Gasteiger partial charge in [-0.25, -0.2) is 9.97 Å². The molecule has 1 N–H and O–H groups in total. The first-order valence-electron chi connectivity index (χ1n) is 12.9. The van der Waals surface area contributed by atoms with E-state index >= 15 is 0 Å². The number of carbonyl (C=O) groups is 1. The van der Waals surface area contributed by atoms with E-state index in [0.29, 0.717) is 18.8 Å². The highest BCUT2D eigenvalue weighted by Gasteiger charge is 2.23. The smallest absolute Gasteiger partial charge is 0.220 e. The van der Waals surface area contributed by atoms with Gasteiger partial charge in [-0.1, -0.05) is 49.9 Å². The van der Waals surface area contributed by atoms with Crippen molar-refractivity contribution in [2.45, 2.75) is 45.1 Å². The number of hydrogen-bond acceptors (Lipinski definition) is 6. The topological polar surface area (TPSA) is 70.6 Å². The molecule has 0 bridgehead atoms. The maximum absolute atomic E-state index is 12.5. The molecule has 0 spiro atoms. The number of carbonyl (C=O) groups excluding carboxylic acids is 1. The first-order valence-corrected chi connectivity index (χ1v) is 12.9. The molecule has 0 radical (unpaired) electrons. The summed E-state index contributed by atoms with van der Waals surface area (Å²) >= 11 is 0. The second kappa shape index (κ2) is 10.9. The van der Waals surface area contributed by atoms with Crippen LogP contribution in [0.5, 0.6) is 5.75 Å². The third kappa shape index (κ3) is 5.50. The summed E-state index contributed by atoms with van der Waals surface area (Å²) in [6, 6.07) is 16.3. The molecule has 1 amide bonds. The normalized spacial score (nSPS) is 16.6. The van der Waals surface area contributed by atoms with Crippen molar-refractivity contribution in [3.05, 3.63) is 54.4 Å². The number of benzene rings is 2. The lowest BCUT2D eigenvalue weighted by atomic mass is 10.0. The van der Waals surface area contributed by atoms with Crippen LogP contribution < -0.4 is 19.9 Å². The van der Waals surface area contributed by atoms with Gasteiger partial charge in [-0.15, -0.1) is 0 Å². The summed E-state index contributed by atoms with van der Waals surface area (Å²) in [5.74, 6) is 3.34. The summed E-state index contributed by atoms with van der Waals surface area (Å²) in [7, 11) is 1.72. The molecule has 2 aromatic carbocycles. The third-order valence-electron chi connectivity index (χ3n) is 7.33. The van der Waals surface area contributed by atoms with E-state index in [1.54, 1.807) is 7.11 Å². The summed E-state index contributed by atoms with van der Waals surface area (Å²) in [5.41, 5.74) is 2.04. The van der Waals surface area contributed by atoms with Crippen molar-refractivity contribution in [3.63, 3.8) is 0 Å². The second-order valence-corrected chi connectivity index (χ2v) is 9.59. The molecule has 7 heteroatoms. The van der Waals surface area contributed by atoms with Crippen LogP contribution in [0.15, 0.2) is 48.5 Å². The fourth-order valence-electron chi connectivity index (χ4n) is 5.38. The van der Waals surface area contributed by atoms with Crippen molar-refractivity contribution in [2.75, 3.05) is 43.1 Å². The van der Waals surface area contributed by atoms with Crippen molar-refractivity contribution < 1.29 is 9.53 Å². The molecule has 1 saturated carbocycles. The minimum Gasteiger partial charge on any atom is -0.495 e. The van der Waals surface area contributed by atoms with Gasteiger partial charge >= 0.3 is 0 Å². The maximum Gasteiger partial charge on any atom is 0.220 e. The van der Waals surface area contributed by atoms with E-state index in [1.807, 2.05) is 30.3 Å². The zero-order valence-corrected chi connectivity index (χ0v) is 20.6. The molecule has 0 unspecified atom stereocenters. The molecule has 2 fully saturated rings. The van der Waals surface area contributed by atoms with Crippen LogP contribution in [0, 0.1) is 5.92 Å². The van der Waals surface area contributed by atoms with Gasteiger partial charge < -0.3 is 19.9 Å². The van der Waals surface area contributed by atoms with Crippen LogP contribution in [-0.2, 0) is 11.3 Å². The largest absolute Gasteiger partial charge is 0.495 e. The van der Waals surface area contributed by atoms with Gasteiger partial charge in [0.2, 0.25) is 5.91 Å². The van der Waals surface area contributed by atoms with Crippen LogP contribution in [0.3, 0.4) is 0 Å². The molecule has 1 aliphatic carbocycles. The van der Waals surface area contributed by atoms with Crippen molar-refractivity contribution in [2.24, 2.45) is 5.92 Å². The van der Waals surface area contributed by atoms with Gasteiger partial charge in [0.1, 0.15) is 11.6 Å². The average molecular weight is 474 g/mol. The van der Waals surface area contributed by atoms with E-state index < -0.39 is 0 Å². The molecular formula is C28H35N5O2. The lowest BCUT2D eigenvalue weighted by molar-refractivity contribution is -0.121. The van der Waals surface area contributed by atoms with Crippen LogP contribution in [0.1, 0.15) is 44.3 Å². The minimum absolute atomic E-state index is 0.0978. The second-order valence-electron chi connectivity index (χ2n) is 9.59. The Balaban J connectivity index is 1.27. The lowest BCUT2D eigenvalue weighted by Crippen LogP contribution is -2.47. The molecule has 1 aliphatic heterocycles. The number of nitrogens with one attached hydrogen (secondary N) is 1. The molecular weight excluding hydrogens is 438 g/mol. The van der Waals surface area contributed by atoms with Crippen molar-refractivity contribution in [1.82, 2.24) is 15.3 Å². The number of aromatic nitrogens is 2. The number of hydrogen-bond donors (Lipinski definition) is 1. The fraction of sp³-hybridized carbons (Fsp3) is 0.464. The monoisotopic (exact) mass is 473 g/mol. The minimum atomic E-state index is 0.0978. The third-order valence-corrected chi connectivity index (χ3v) is 7.33. The molecule has 7 nitrogen and oxygen atoms in total. The predicted molar refractivity (Wildman–Crippen MR) is 140 cm³/mol. The van der Waals surface area contributed by atoms with Crippen molar-refractivity contribution in [3.8, 4) is 5.75 Å². The Labute approximate surface area is 207 Å². The molecule has 1 saturated heterocycles. The number of rotatable bonds is 8. The summed E-state index contributed by atoms with van der Waals surface area (Å²) < 4.78 is 5.57. The van der Waals surface area contributed by atoms with Crippen molar-refractivity contribution >= 4 is 28.3 Å². The number of methoxy groups -OCH3 is 1. The SMILES string of the molecule is COc1ccccc1N1CCN(c2nc(CNC(=O)CCC3CCCC3)nc3ccccc23)CC1. The fourth-order valence-corrected chi connectivity index (χ4v) is 5.38.